The number of hydrogen-bond donors (Lipinski definition) is 1. The first-order valence-electron chi connectivity index (χ1n) is 15.5. The number of amides is 3. The van der Waals surface area contributed by atoms with E-state index in [9.17, 15) is 19.5 Å². The molecule has 1 aromatic carbocycles. The molecule has 1 N–H and O–H groups in total. The average Bonchev–Trinajstić information content (AvgIpc) is 3.70. The van der Waals surface area contributed by atoms with Crippen LogP contribution in [-0.2, 0) is 21.1 Å². The summed E-state index contributed by atoms with van der Waals surface area (Å²) < 4.78 is 0.576. The first-order valence-corrected chi connectivity index (χ1v) is 16.3. The second-order valence-electron chi connectivity index (χ2n) is 12.2. The maximum Gasteiger partial charge on any atom is 0.248 e. The summed E-state index contributed by atoms with van der Waals surface area (Å²) in [5, 5.41) is 17.9. The van der Waals surface area contributed by atoms with E-state index in [1.54, 1.807) is 38.4 Å². The van der Waals surface area contributed by atoms with Gasteiger partial charge in [0.25, 0.3) is 0 Å². The zero-order valence-corrected chi connectivity index (χ0v) is 26.2. The monoisotopic (exact) mass is 608 g/mol. The van der Waals surface area contributed by atoms with Gasteiger partial charge in [-0.3, -0.25) is 14.4 Å². The molecule has 4 heterocycles. The second kappa shape index (κ2) is 12.8. The number of likely N-dealkylation sites (tertiary alicyclic amines) is 1. The lowest BCUT2D eigenvalue weighted by Gasteiger charge is -2.38. The number of fused-ring (bicyclic) bond motifs is 2. The molecule has 3 aliphatic heterocycles. The van der Waals surface area contributed by atoms with Crippen LogP contribution in [0.15, 0.2) is 49.6 Å². The lowest BCUT2D eigenvalue weighted by atomic mass is 9.66. The molecule has 2 unspecified atom stereocenters. The topological polar surface area (TPSA) is 112 Å². The van der Waals surface area contributed by atoms with Crippen LogP contribution in [0.4, 0.5) is 0 Å². The summed E-state index contributed by atoms with van der Waals surface area (Å²) in [5.41, 5.74) is 1.56. The van der Waals surface area contributed by atoms with Gasteiger partial charge in [-0.1, -0.05) is 36.4 Å². The lowest BCUT2D eigenvalue weighted by molar-refractivity contribution is -0.146. The molecule has 0 aliphatic carbocycles. The van der Waals surface area contributed by atoms with Gasteiger partial charge in [-0.15, -0.1) is 30.0 Å². The predicted octanol–water partition coefficient (Wildman–Crippen LogP) is 3.47. The Bertz CT molecular complexity index is 1380. The van der Waals surface area contributed by atoms with Crippen LogP contribution in [0.2, 0.25) is 0 Å². The van der Waals surface area contributed by atoms with E-state index in [2.05, 4.69) is 30.4 Å². The number of unbranched alkanes of at least 4 members (excludes halogenated alkanes) is 2. The highest BCUT2D eigenvalue weighted by atomic mass is 32.2. The number of rotatable bonds is 15. The van der Waals surface area contributed by atoms with Gasteiger partial charge in [-0.2, -0.15) is 0 Å². The summed E-state index contributed by atoms with van der Waals surface area (Å²) in [5.74, 6) is -1.34. The summed E-state index contributed by atoms with van der Waals surface area (Å²) in [6.07, 6.45) is 7.77. The molecule has 2 aromatic rings. The van der Waals surface area contributed by atoms with E-state index >= 15 is 0 Å². The third-order valence-electron chi connectivity index (χ3n) is 9.37. The molecule has 43 heavy (non-hydrogen) atoms. The Labute approximate surface area is 258 Å². The fourth-order valence-corrected chi connectivity index (χ4v) is 9.88. The first-order chi connectivity index (χ1) is 20.8. The Balaban J connectivity index is 1.52. The number of benzene rings is 1. The van der Waals surface area contributed by atoms with Gasteiger partial charge in [-0.05, 0) is 57.6 Å². The van der Waals surface area contributed by atoms with Crippen molar-refractivity contribution in [3.05, 3.63) is 49.6 Å². The van der Waals surface area contributed by atoms with Crippen molar-refractivity contribution in [1.29, 1.82) is 0 Å². The van der Waals surface area contributed by atoms with Crippen LogP contribution in [0.3, 0.4) is 0 Å². The number of aliphatic hydroxyl groups excluding tert-OH is 1. The highest BCUT2D eigenvalue weighted by Gasteiger charge is 2.77. The molecular weight excluding hydrogens is 564 g/mol. The van der Waals surface area contributed by atoms with E-state index in [4.69, 9.17) is 0 Å². The second-order valence-corrected chi connectivity index (χ2v) is 14.1. The van der Waals surface area contributed by atoms with Crippen LogP contribution in [0.1, 0.15) is 52.4 Å². The summed E-state index contributed by atoms with van der Waals surface area (Å²) in [4.78, 5) is 48.7. The molecule has 10 nitrogen and oxygen atoms in total. The molecule has 5 atom stereocenters. The Hall–Kier alpha value is -3.18. The van der Waals surface area contributed by atoms with Crippen molar-refractivity contribution in [3.63, 3.8) is 0 Å². The van der Waals surface area contributed by atoms with Crippen molar-refractivity contribution >= 4 is 40.5 Å². The molecule has 0 radical (unpaired) electrons. The van der Waals surface area contributed by atoms with Crippen LogP contribution >= 0.6 is 11.8 Å². The smallest absolute Gasteiger partial charge is 0.248 e. The fourth-order valence-electron chi connectivity index (χ4n) is 7.54. The van der Waals surface area contributed by atoms with Crippen molar-refractivity contribution in [2.45, 2.75) is 74.6 Å². The molecule has 2 bridgehead atoms. The molecule has 1 spiro atoms. The summed E-state index contributed by atoms with van der Waals surface area (Å²) >= 11 is 1.69. The molecule has 0 saturated carbocycles. The Morgan fingerprint density at radius 3 is 2.58 bits per heavy atom. The minimum absolute atomic E-state index is 0.0120. The number of carbonyl (C=O) groups is 3. The van der Waals surface area contributed by atoms with Gasteiger partial charge >= 0.3 is 0 Å². The molecule has 5 rings (SSSR count). The van der Waals surface area contributed by atoms with E-state index in [0.717, 1.165) is 30.3 Å². The zero-order valence-electron chi connectivity index (χ0n) is 25.4. The lowest BCUT2D eigenvalue weighted by Crippen LogP contribution is -2.55. The van der Waals surface area contributed by atoms with Crippen molar-refractivity contribution in [2.24, 2.45) is 11.8 Å². The van der Waals surface area contributed by atoms with Gasteiger partial charge in [0, 0.05) is 37.5 Å². The number of aromatic nitrogens is 3. The SMILES string of the molecule is C=CCN(Cn1nnc2ccccc21)C(=O)C1N(CCCCCO)C(=O)[C@@H]2[C@@H](C(=O)N(CC=C)CCC)[C@@]3(C)CCC12S3. The number of nitrogens with zero attached hydrogens (tertiary/aromatic N) is 6. The Morgan fingerprint density at radius 2 is 1.86 bits per heavy atom. The molecule has 3 amide bonds. The molecule has 11 heteroatoms. The van der Waals surface area contributed by atoms with Gasteiger partial charge in [0.05, 0.1) is 22.1 Å². The number of carbonyl (C=O) groups excluding carboxylic acids is 3. The maximum absolute atomic E-state index is 14.7. The number of hydrogen-bond acceptors (Lipinski definition) is 7. The normalized spacial score (nSPS) is 27.5. The van der Waals surface area contributed by atoms with Crippen LogP contribution in [-0.4, -0.2) is 101 Å². The highest BCUT2D eigenvalue weighted by molar-refractivity contribution is 8.02. The third-order valence-corrected chi connectivity index (χ3v) is 11.4. The Kier molecular flexibility index (Phi) is 9.31. The molecule has 3 fully saturated rings. The number of thioether (sulfide) groups is 1. The average molecular weight is 609 g/mol. The van der Waals surface area contributed by atoms with E-state index in [1.807, 2.05) is 36.1 Å². The van der Waals surface area contributed by atoms with Gasteiger partial charge < -0.3 is 19.8 Å². The van der Waals surface area contributed by atoms with Crippen molar-refractivity contribution < 1.29 is 19.5 Å². The first kappa shape index (κ1) is 31.3. The van der Waals surface area contributed by atoms with Crippen molar-refractivity contribution in [2.75, 3.05) is 32.8 Å². The predicted molar refractivity (Wildman–Crippen MR) is 168 cm³/mol. The number of para-hydroxylation sites is 1. The highest BCUT2D eigenvalue weighted by Crippen LogP contribution is 2.71. The van der Waals surface area contributed by atoms with Crippen molar-refractivity contribution in [3.8, 4) is 0 Å². The van der Waals surface area contributed by atoms with Crippen molar-refractivity contribution in [1.82, 2.24) is 29.7 Å². The van der Waals surface area contributed by atoms with Gasteiger partial charge in [0.2, 0.25) is 17.7 Å². The minimum atomic E-state index is -0.711. The number of aliphatic hydroxyl groups is 1. The van der Waals surface area contributed by atoms with Crippen LogP contribution < -0.4 is 0 Å². The Morgan fingerprint density at radius 1 is 1.12 bits per heavy atom. The molecule has 3 saturated heterocycles. The maximum atomic E-state index is 14.7. The van der Waals surface area contributed by atoms with Gasteiger partial charge in [0.1, 0.15) is 18.2 Å². The summed E-state index contributed by atoms with van der Waals surface area (Å²) in [6, 6.07) is 6.90. The standard InChI is InChI=1S/C32H44N6O4S/c1-5-17-35(18-6-2)28(40)25-26-29(41)37(20-11-8-12-21-39)27(32(26)16-15-31(25,4)43-32)30(42)36(19-7-3)22-38-24-14-10-9-13-23(24)33-34-38/h5,7,9-10,13-14,25-27,39H,1,3,6,8,11-12,15-22H2,2,4H3/t25-,26-,27?,31+,32?/m0/s1. The summed E-state index contributed by atoms with van der Waals surface area (Å²) in [7, 11) is 0. The third kappa shape index (κ3) is 5.39. The fraction of sp³-hybridized carbons (Fsp3) is 0.594. The van der Waals surface area contributed by atoms with Crippen LogP contribution in [0.25, 0.3) is 11.0 Å². The van der Waals surface area contributed by atoms with E-state index in [1.165, 1.54) is 0 Å². The van der Waals surface area contributed by atoms with Crippen LogP contribution in [0.5, 0.6) is 0 Å². The molecular formula is C32H44N6O4S. The largest absolute Gasteiger partial charge is 0.396 e. The van der Waals surface area contributed by atoms with Gasteiger partial charge in [0.15, 0.2) is 0 Å². The molecule has 3 aliphatic rings. The quantitative estimate of drug-likeness (QED) is 0.244. The van der Waals surface area contributed by atoms with E-state index in [0.29, 0.717) is 38.9 Å². The van der Waals surface area contributed by atoms with Gasteiger partial charge in [-0.25, -0.2) is 4.68 Å². The molecule has 232 valence electrons. The van der Waals surface area contributed by atoms with Crippen LogP contribution in [0, 0.1) is 11.8 Å². The van der Waals surface area contributed by atoms with E-state index in [-0.39, 0.29) is 37.5 Å². The van der Waals surface area contributed by atoms with E-state index < -0.39 is 27.4 Å². The minimum Gasteiger partial charge on any atom is -0.396 e. The molecule has 1 aromatic heterocycles. The zero-order chi connectivity index (χ0) is 30.8. The summed E-state index contributed by atoms with van der Waals surface area (Å²) in [6.45, 7) is 13.9.